The lowest BCUT2D eigenvalue weighted by atomic mass is 10.0. The summed E-state index contributed by atoms with van der Waals surface area (Å²) < 4.78 is 61.2. The number of amides is 1. The average Bonchev–Trinajstić information content (AvgIpc) is 3.03. The van der Waals surface area contributed by atoms with Gasteiger partial charge in [0.05, 0.1) is 22.1 Å². The van der Waals surface area contributed by atoms with E-state index in [2.05, 4.69) is 0 Å². The number of halogens is 4. The van der Waals surface area contributed by atoms with Gasteiger partial charge < -0.3 is 10.6 Å². The molecule has 1 aliphatic rings. The zero-order valence-electron chi connectivity index (χ0n) is 16.6. The highest BCUT2D eigenvalue weighted by Gasteiger charge is 2.34. The highest BCUT2D eigenvalue weighted by atomic mass is 35.5. The molecule has 1 saturated heterocycles. The number of sulfone groups is 1. The predicted molar refractivity (Wildman–Crippen MR) is 111 cm³/mol. The molecular formula is C18H20ClF3N4O5S. The van der Waals surface area contributed by atoms with Crippen molar-refractivity contribution in [2.24, 2.45) is 11.7 Å². The van der Waals surface area contributed by atoms with Crippen LogP contribution in [0.2, 0.25) is 5.02 Å². The SMILES string of the molecule is N=C(/C=C(\N)C(=O)N(CCC1CCS(=O)(=O)C1)Cc1cccc([N+](=O)[O-])c1Cl)C(F)(F)F. The molecule has 0 aromatic heterocycles. The largest absolute Gasteiger partial charge is 0.432 e. The number of nitrogens with two attached hydrogens (primary N) is 1. The number of nitro benzene ring substituents is 1. The Bertz CT molecular complexity index is 1060. The fourth-order valence-corrected chi connectivity index (χ4v) is 5.37. The van der Waals surface area contributed by atoms with Gasteiger partial charge in [-0.2, -0.15) is 13.2 Å². The van der Waals surface area contributed by atoms with Crippen LogP contribution in [-0.2, 0) is 21.2 Å². The van der Waals surface area contributed by atoms with Crippen molar-refractivity contribution >= 4 is 38.7 Å². The second-order valence-corrected chi connectivity index (χ2v) is 9.91. The predicted octanol–water partition coefficient (Wildman–Crippen LogP) is 2.83. The Balaban J connectivity index is 2.29. The lowest BCUT2D eigenvalue weighted by Crippen LogP contribution is -2.36. The Kier molecular flexibility index (Phi) is 7.88. The lowest BCUT2D eigenvalue weighted by Gasteiger charge is -2.25. The Morgan fingerprint density at radius 3 is 2.59 bits per heavy atom. The first kappa shape index (κ1) is 25.6. The average molecular weight is 497 g/mol. The molecule has 9 nitrogen and oxygen atoms in total. The Labute approximate surface area is 186 Å². The minimum Gasteiger partial charge on any atom is -0.394 e. The van der Waals surface area contributed by atoms with Crippen molar-refractivity contribution in [2.75, 3.05) is 18.1 Å². The number of nitrogens with zero attached hydrogens (tertiary/aromatic N) is 2. The van der Waals surface area contributed by atoms with Gasteiger partial charge in [0.2, 0.25) is 0 Å². The van der Waals surface area contributed by atoms with Gasteiger partial charge in [-0.15, -0.1) is 0 Å². The molecule has 1 atom stereocenters. The second kappa shape index (κ2) is 9.86. The third kappa shape index (κ3) is 6.66. The van der Waals surface area contributed by atoms with Crippen LogP contribution in [0.15, 0.2) is 30.0 Å². The number of nitrogens with one attached hydrogen (secondary N) is 1. The number of benzene rings is 1. The van der Waals surface area contributed by atoms with E-state index in [0.29, 0.717) is 6.42 Å². The molecular weight excluding hydrogens is 477 g/mol. The van der Waals surface area contributed by atoms with Gasteiger partial charge in [-0.05, 0) is 30.4 Å². The Morgan fingerprint density at radius 1 is 1.41 bits per heavy atom. The maximum absolute atomic E-state index is 12.7. The van der Waals surface area contributed by atoms with Crippen LogP contribution in [0.3, 0.4) is 0 Å². The van der Waals surface area contributed by atoms with Gasteiger partial charge in [0.15, 0.2) is 9.84 Å². The summed E-state index contributed by atoms with van der Waals surface area (Å²) in [5.74, 6) is -1.36. The van der Waals surface area contributed by atoms with Crippen molar-refractivity contribution in [3.8, 4) is 0 Å². The molecule has 1 unspecified atom stereocenters. The van der Waals surface area contributed by atoms with E-state index < -0.39 is 43.9 Å². The molecule has 1 aromatic rings. The van der Waals surface area contributed by atoms with Gasteiger partial charge in [0.1, 0.15) is 10.7 Å². The van der Waals surface area contributed by atoms with E-state index in [1.54, 1.807) is 0 Å². The number of rotatable bonds is 8. The smallest absolute Gasteiger partial charge is 0.394 e. The molecule has 3 N–H and O–H groups in total. The standard InChI is InChI=1S/C18H20ClF3N4O5S/c19-16-12(2-1-3-14(16)26(28)29)9-25(6-4-11-5-7-32(30,31)10-11)17(27)13(23)8-15(24)18(20,21)22/h1-3,8,11,24H,4-7,9-10,23H2/b13-8-,24-15?. The third-order valence-corrected chi connectivity index (χ3v) is 7.16. The maximum Gasteiger partial charge on any atom is 0.432 e. The van der Waals surface area contributed by atoms with Gasteiger partial charge in [-0.3, -0.25) is 20.3 Å². The topological polar surface area (TPSA) is 147 Å². The van der Waals surface area contributed by atoms with E-state index in [1.807, 2.05) is 0 Å². The van der Waals surface area contributed by atoms with Crippen LogP contribution in [0.4, 0.5) is 18.9 Å². The monoisotopic (exact) mass is 496 g/mol. The molecule has 0 bridgehead atoms. The molecule has 176 valence electrons. The first-order valence-electron chi connectivity index (χ1n) is 9.25. The van der Waals surface area contributed by atoms with E-state index in [9.17, 15) is 36.5 Å². The van der Waals surface area contributed by atoms with Crippen LogP contribution < -0.4 is 5.73 Å². The van der Waals surface area contributed by atoms with E-state index >= 15 is 0 Å². The quantitative estimate of drug-likeness (QED) is 0.245. The molecule has 1 fully saturated rings. The van der Waals surface area contributed by atoms with Crippen molar-refractivity contribution < 1.29 is 31.3 Å². The van der Waals surface area contributed by atoms with Crippen LogP contribution >= 0.6 is 11.6 Å². The summed E-state index contributed by atoms with van der Waals surface area (Å²) in [5, 5.41) is 17.9. The fraction of sp³-hybridized carbons (Fsp3) is 0.444. The molecule has 2 rings (SSSR count). The van der Waals surface area contributed by atoms with Crippen LogP contribution in [0.1, 0.15) is 18.4 Å². The molecule has 32 heavy (non-hydrogen) atoms. The summed E-state index contributed by atoms with van der Waals surface area (Å²) in [4.78, 5) is 24.2. The first-order valence-corrected chi connectivity index (χ1v) is 11.5. The molecule has 0 aliphatic carbocycles. The van der Waals surface area contributed by atoms with Crippen molar-refractivity contribution in [1.29, 1.82) is 5.41 Å². The third-order valence-electron chi connectivity index (χ3n) is 4.89. The van der Waals surface area contributed by atoms with Gasteiger partial charge in [-0.25, -0.2) is 8.42 Å². The molecule has 1 amide bonds. The van der Waals surface area contributed by atoms with E-state index in [1.165, 1.54) is 12.1 Å². The van der Waals surface area contributed by atoms with Crippen molar-refractivity contribution in [3.63, 3.8) is 0 Å². The number of allylic oxidation sites excluding steroid dienone is 1. The molecule has 1 aromatic carbocycles. The van der Waals surface area contributed by atoms with Gasteiger partial charge in [0.25, 0.3) is 11.6 Å². The van der Waals surface area contributed by atoms with E-state index in [4.69, 9.17) is 22.7 Å². The number of nitro groups is 1. The van der Waals surface area contributed by atoms with Crippen LogP contribution in [0.25, 0.3) is 0 Å². The maximum atomic E-state index is 12.7. The zero-order chi connectivity index (χ0) is 24.3. The summed E-state index contributed by atoms with van der Waals surface area (Å²) >= 11 is 6.05. The molecule has 1 heterocycles. The van der Waals surface area contributed by atoms with Crippen molar-refractivity contribution in [1.82, 2.24) is 4.90 Å². The van der Waals surface area contributed by atoms with E-state index in [0.717, 1.165) is 11.0 Å². The normalized spacial score (nSPS) is 18.4. The number of hydrogen-bond donors (Lipinski definition) is 2. The molecule has 0 saturated carbocycles. The summed E-state index contributed by atoms with van der Waals surface area (Å²) in [6.45, 7) is -0.390. The zero-order valence-corrected chi connectivity index (χ0v) is 18.1. The van der Waals surface area contributed by atoms with Crippen molar-refractivity contribution in [2.45, 2.75) is 25.6 Å². The summed E-state index contributed by atoms with van der Waals surface area (Å²) in [5.41, 5.74) is 2.57. The van der Waals surface area contributed by atoms with Gasteiger partial charge in [0, 0.05) is 19.2 Å². The van der Waals surface area contributed by atoms with E-state index in [-0.39, 0.29) is 53.6 Å². The number of alkyl halides is 3. The number of carbonyl (C=O) groups excluding carboxylic acids is 1. The molecule has 14 heteroatoms. The summed E-state index contributed by atoms with van der Waals surface area (Å²) in [6.07, 6.45) is -4.21. The van der Waals surface area contributed by atoms with Crippen LogP contribution in [0.5, 0.6) is 0 Å². The minimum atomic E-state index is -5.00. The Morgan fingerprint density at radius 2 is 2.06 bits per heavy atom. The Hall–Kier alpha value is -2.67. The molecule has 0 spiro atoms. The molecule has 1 aliphatic heterocycles. The second-order valence-electron chi connectivity index (χ2n) is 7.30. The van der Waals surface area contributed by atoms with Crippen LogP contribution in [0, 0.1) is 21.4 Å². The van der Waals surface area contributed by atoms with Gasteiger partial charge >= 0.3 is 6.18 Å². The highest BCUT2D eigenvalue weighted by Crippen LogP contribution is 2.29. The number of hydrogen-bond acceptors (Lipinski definition) is 7. The van der Waals surface area contributed by atoms with Crippen LogP contribution in [-0.4, -0.2) is 54.1 Å². The van der Waals surface area contributed by atoms with Gasteiger partial charge in [-0.1, -0.05) is 23.7 Å². The minimum absolute atomic E-state index is 0.00705. The summed E-state index contributed by atoms with van der Waals surface area (Å²) in [6, 6.07) is 3.90. The van der Waals surface area contributed by atoms with Crippen molar-refractivity contribution in [3.05, 3.63) is 50.7 Å². The first-order chi connectivity index (χ1) is 14.7. The fourth-order valence-electron chi connectivity index (χ4n) is 3.21. The lowest BCUT2D eigenvalue weighted by molar-refractivity contribution is -0.384. The molecule has 0 radical (unpaired) electrons. The highest BCUT2D eigenvalue weighted by molar-refractivity contribution is 7.91. The summed E-state index contributed by atoms with van der Waals surface area (Å²) in [7, 11) is -3.18. The number of carbonyl (C=O) groups is 1.